The molecule has 3 N–H and O–H groups in total. The van der Waals surface area contributed by atoms with Gasteiger partial charge in [-0.15, -0.1) is 0 Å². The number of nitrogens with zero attached hydrogens (tertiary/aromatic N) is 1. The van der Waals surface area contributed by atoms with Gasteiger partial charge < -0.3 is 10.4 Å². The first kappa shape index (κ1) is 34.5. The van der Waals surface area contributed by atoms with Crippen molar-refractivity contribution in [3.63, 3.8) is 0 Å². The summed E-state index contributed by atoms with van der Waals surface area (Å²) in [5, 5.41) is 21.5. The van der Waals surface area contributed by atoms with Crippen molar-refractivity contribution in [3.05, 3.63) is 53.2 Å². The Balaban J connectivity index is -0.000000423. The number of unbranched alkanes of at least 4 members (excludes halogenated alkanes) is 2. The molecule has 0 unspecified atom stereocenters. The molecule has 1 aromatic carbocycles. The Morgan fingerprint density at radius 2 is 1.56 bits per heavy atom. The van der Waals surface area contributed by atoms with Crippen molar-refractivity contribution in [2.45, 2.75) is 87.5 Å². The second-order valence-corrected chi connectivity index (χ2v) is 6.94. The smallest absolute Gasteiger partial charge is 0.274 e. The second-order valence-electron chi connectivity index (χ2n) is 6.94. The standard InChI is InChI=1S/C10H20N2O3.C10H12.C5H12.C2H6/c1-4-11-9(3)8(2)10(14)12(15)6-5-7-13;1-3-9-5-7-10(4-2)8-6-9;1-3-5-4-2;1-2/h11,13,15H,4-7H2,1-3H3;3,5-8H,1,4H2,2H3;3-5H2,1-2H3;1-2H3/b9-8-;;;. The van der Waals surface area contributed by atoms with Crippen molar-refractivity contribution in [1.82, 2.24) is 10.4 Å². The van der Waals surface area contributed by atoms with Gasteiger partial charge in [0.15, 0.2) is 0 Å². The monoisotopic (exact) mass is 450 g/mol. The van der Waals surface area contributed by atoms with E-state index in [1.165, 1.54) is 30.4 Å². The molecule has 0 radical (unpaired) electrons. The van der Waals surface area contributed by atoms with E-state index >= 15 is 0 Å². The Morgan fingerprint density at radius 1 is 1.03 bits per heavy atom. The van der Waals surface area contributed by atoms with Crippen molar-refractivity contribution in [3.8, 4) is 0 Å². The van der Waals surface area contributed by atoms with Gasteiger partial charge in [-0.25, -0.2) is 5.06 Å². The largest absolute Gasteiger partial charge is 0.396 e. The number of hydrogen-bond acceptors (Lipinski definition) is 4. The van der Waals surface area contributed by atoms with Crippen molar-refractivity contribution < 1.29 is 15.1 Å². The number of amides is 1. The second kappa shape index (κ2) is 25.2. The maximum Gasteiger partial charge on any atom is 0.274 e. The Labute approximate surface area is 198 Å². The summed E-state index contributed by atoms with van der Waals surface area (Å²) < 4.78 is 0. The lowest BCUT2D eigenvalue weighted by molar-refractivity contribution is -0.161. The SMILES string of the molecule is C=Cc1ccc(CC)cc1.CC.CCCCC.CCN/C(C)=C(/C)C(=O)N(O)CCCO. The Morgan fingerprint density at radius 3 is 1.91 bits per heavy atom. The lowest BCUT2D eigenvalue weighted by atomic mass is 10.1. The van der Waals surface area contributed by atoms with Crippen LogP contribution < -0.4 is 5.32 Å². The molecule has 0 saturated heterocycles. The van der Waals surface area contributed by atoms with Gasteiger partial charge in [0.1, 0.15) is 0 Å². The zero-order valence-electron chi connectivity index (χ0n) is 22.0. The average molecular weight is 451 g/mol. The minimum atomic E-state index is -0.429. The molecule has 0 aromatic heterocycles. The highest BCUT2D eigenvalue weighted by Crippen LogP contribution is 2.05. The van der Waals surface area contributed by atoms with E-state index in [4.69, 9.17) is 5.11 Å². The van der Waals surface area contributed by atoms with Crippen LogP contribution in [-0.2, 0) is 11.2 Å². The third kappa shape index (κ3) is 18.6. The van der Waals surface area contributed by atoms with E-state index in [9.17, 15) is 10.0 Å². The number of aliphatic hydroxyl groups is 1. The van der Waals surface area contributed by atoms with Gasteiger partial charge in [0.2, 0.25) is 0 Å². The number of carbonyl (C=O) groups excluding carboxylic acids is 1. The molecule has 0 spiro atoms. The summed E-state index contributed by atoms with van der Waals surface area (Å²) in [7, 11) is 0. The molecular formula is C27H50N2O3. The number of rotatable bonds is 10. The van der Waals surface area contributed by atoms with Crippen LogP contribution in [0.1, 0.15) is 92.2 Å². The van der Waals surface area contributed by atoms with E-state index in [2.05, 4.69) is 56.9 Å². The van der Waals surface area contributed by atoms with Crippen LogP contribution in [0.4, 0.5) is 0 Å². The molecule has 0 aliphatic carbocycles. The Hall–Kier alpha value is -2.11. The summed E-state index contributed by atoms with van der Waals surface area (Å²) in [6, 6.07) is 8.45. The maximum absolute atomic E-state index is 11.6. The summed E-state index contributed by atoms with van der Waals surface area (Å²) in [6.07, 6.45) is 7.42. The molecule has 1 amide bonds. The fourth-order valence-corrected chi connectivity index (χ4v) is 2.32. The van der Waals surface area contributed by atoms with Crippen LogP contribution >= 0.6 is 0 Å². The summed E-state index contributed by atoms with van der Waals surface area (Å²) in [4.78, 5) is 11.6. The van der Waals surface area contributed by atoms with Gasteiger partial charge in [-0.2, -0.15) is 0 Å². The van der Waals surface area contributed by atoms with Crippen molar-refractivity contribution in [2.24, 2.45) is 0 Å². The molecule has 186 valence electrons. The quantitative estimate of drug-likeness (QED) is 0.213. The first-order chi connectivity index (χ1) is 15.3. The highest BCUT2D eigenvalue weighted by atomic mass is 16.5. The van der Waals surface area contributed by atoms with Crippen LogP contribution in [0, 0.1) is 0 Å². The normalized spacial score (nSPS) is 10.1. The molecule has 5 nitrogen and oxygen atoms in total. The molecule has 0 bridgehead atoms. The molecule has 0 fully saturated rings. The molecule has 5 heteroatoms. The number of aliphatic hydroxyl groups excluding tert-OH is 1. The van der Waals surface area contributed by atoms with Gasteiger partial charge in [-0.3, -0.25) is 10.0 Å². The van der Waals surface area contributed by atoms with Gasteiger partial charge in [-0.1, -0.05) is 90.8 Å². The van der Waals surface area contributed by atoms with Crippen LogP contribution in [0.15, 0.2) is 42.1 Å². The lowest BCUT2D eigenvalue weighted by Crippen LogP contribution is -2.31. The number of allylic oxidation sites excluding steroid dienone is 1. The predicted octanol–water partition coefficient (Wildman–Crippen LogP) is 6.60. The molecule has 1 aromatic rings. The Kier molecular flexibility index (Phi) is 27.1. The highest BCUT2D eigenvalue weighted by molar-refractivity contribution is 5.92. The van der Waals surface area contributed by atoms with Crippen molar-refractivity contribution in [2.75, 3.05) is 19.7 Å². The molecule has 0 heterocycles. The van der Waals surface area contributed by atoms with E-state index in [1.807, 2.05) is 26.8 Å². The molecular weight excluding hydrogens is 400 g/mol. The molecule has 0 aliphatic heterocycles. The summed E-state index contributed by atoms with van der Waals surface area (Å²) in [5.74, 6) is -0.429. The highest BCUT2D eigenvalue weighted by Gasteiger charge is 2.14. The van der Waals surface area contributed by atoms with Crippen LogP contribution in [0.3, 0.4) is 0 Å². The number of hydrogen-bond donors (Lipinski definition) is 3. The van der Waals surface area contributed by atoms with E-state index in [-0.39, 0.29) is 13.2 Å². The van der Waals surface area contributed by atoms with Gasteiger partial charge in [0.25, 0.3) is 5.91 Å². The third-order valence-electron chi connectivity index (χ3n) is 4.42. The molecule has 0 aliphatic rings. The van der Waals surface area contributed by atoms with E-state index < -0.39 is 5.91 Å². The lowest BCUT2D eigenvalue weighted by Gasteiger charge is -2.16. The number of aryl methyl sites for hydroxylation is 1. The molecule has 0 atom stereocenters. The fourth-order valence-electron chi connectivity index (χ4n) is 2.32. The maximum atomic E-state index is 11.6. The van der Waals surface area contributed by atoms with Gasteiger partial charge in [-0.05, 0) is 44.7 Å². The van der Waals surface area contributed by atoms with Gasteiger partial charge >= 0.3 is 0 Å². The van der Waals surface area contributed by atoms with Crippen molar-refractivity contribution in [1.29, 1.82) is 0 Å². The number of hydroxylamine groups is 2. The minimum absolute atomic E-state index is 0.0424. The first-order valence-electron chi connectivity index (χ1n) is 12.1. The van der Waals surface area contributed by atoms with Crippen LogP contribution in [0.25, 0.3) is 6.08 Å². The number of carbonyl (C=O) groups is 1. The van der Waals surface area contributed by atoms with Crippen molar-refractivity contribution >= 4 is 12.0 Å². The van der Waals surface area contributed by atoms with E-state index in [1.54, 1.807) is 13.8 Å². The third-order valence-corrected chi connectivity index (χ3v) is 4.42. The zero-order valence-corrected chi connectivity index (χ0v) is 22.0. The topological polar surface area (TPSA) is 72.8 Å². The number of nitrogens with one attached hydrogen (secondary N) is 1. The summed E-state index contributed by atoms with van der Waals surface area (Å²) in [6.45, 7) is 20.5. The number of benzene rings is 1. The zero-order chi connectivity index (χ0) is 25.4. The minimum Gasteiger partial charge on any atom is -0.396 e. The summed E-state index contributed by atoms with van der Waals surface area (Å²) in [5.41, 5.74) is 3.81. The fraction of sp³-hybridized carbons (Fsp3) is 0.593. The van der Waals surface area contributed by atoms with Crippen LogP contribution in [0.2, 0.25) is 0 Å². The molecule has 0 saturated carbocycles. The predicted molar refractivity (Wildman–Crippen MR) is 140 cm³/mol. The molecule has 1 rings (SSSR count). The van der Waals surface area contributed by atoms with Crippen LogP contribution in [0.5, 0.6) is 0 Å². The van der Waals surface area contributed by atoms with E-state index in [0.29, 0.717) is 17.1 Å². The first-order valence-corrected chi connectivity index (χ1v) is 12.1. The van der Waals surface area contributed by atoms with Gasteiger partial charge in [0.05, 0.1) is 6.54 Å². The Bertz CT molecular complexity index is 593. The molecule has 32 heavy (non-hydrogen) atoms. The average Bonchev–Trinajstić information content (AvgIpc) is 2.84. The van der Waals surface area contributed by atoms with Crippen LogP contribution in [-0.4, -0.2) is 41.0 Å². The summed E-state index contributed by atoms with van der Waals surface area (Å²) >= 11 is 0. The van der Waals surface area contributed by atoms with E-state index in [0.717, 1.165) is 18.7 Å². The van der Waals surface area contributed by atoms with Gasteiger partial charge in [0, 0.05) is 24.4 Å².